The van der Waals surface area contributed by atoms with Gasteiger partial charge >= 0.3 is 6.18 Å². The monoisotopic (exact) mass is 281 g/mol. The van der Waals surface area contributed by atoms with Gasteiger partial charge in [-0.1, -0.05) is 11.6 Å². The van der Waals surface area contributed by atoms with Crippen LogP contribution in [-0.2, 0) is 6.54 Å². The Labute approximate surface area is 109 Å². The lowest BCUT2D eigenvalue weighted by atomic mass is 10.3. The number of aromatic nitrogens is 2. The van der Waals surface area contributed by atoms with Crippen molar-refractivity contribution in [2.45, 2.75) is 39.5 Å². The fourth-order valence-corrected chi connectivity index (χ4v) is 1.75. The van der Waals surface area contributed by atoms with Crippen LogP contribution in [-0.4, -0.2) is 33.6 Å². The highest BCUT2D eigenvalue weighted by Gasteiger charge is 2.32. The molecule has 7 heteroatoms. The molecule has 0 spiro atoms. The van der Waals surface area contributed by atoms with E-state index in [9.17, 15) is 13.2 Å². The van der Waals surface area contributed by atoms with E-state index in [0.29, 0.717) is 11.5 Å². The van der Waals surface area contributed by atoms with Crippen molar-refractivity contribution in [3.63, 3.8) is 0 Å². The van der Waals surface area contributed by atoms with Crippen LogP contribution in [0.2, 0.25) is 5.15 Å². The van der Waals surface area contributed by atoms with E-state index in [1.807, 2.05) is 0 Å². The molecule has 18 heavy (non-hydrogen) atoms. The summed E-state index contributed by atoms with van der Waals surface area (Å²) < 4.78 is 37.3. The highest BCUT2D eigenvalue weighted by Crippen LogP contribution is 2.19. The second-order valence-electron chi connectivity index (χ2n) is 4.36. The van der Waals surface area contributed by atoms with Gasteiger partial charge in [0, 0.05) is 11.7 Å². The lowest BCUT2D eigenvalue weighted by molar-refractivity contribution is -0.151. The average molecular weight is 282 g/mol. The molecule has 0 unspecified atom stereocenters. The normalized spacial score (nSPS) is 12.5. The van der Waals surface area contributed by atoms with Crippen molar-refractivity contribution in [1.82, 2.24) is 14.9 Å². The van der Waals surface area contributed by atoms with E-state index in [-0.39, 0.29) is 17.7 Å². The zero-order valence-electron chi connectivity index (χ0n) is 10.4. The number of halogens is 4. The quantitative estimate of drug-likeness (QED) is 0.794. The summed E-state index contributed by atoms with van der Waals surface area (Å²) in [5.74, 6) is 0.304. The molecule has 0 bridgehead atoms. The number of hydrogen-bond donors (Lipinski definition) is 0. The van der Waals surface area contributed by atoms with E-state index in [4.69, 9.17) is 11.6 Å². The maximum absolute atomic E-state index is 12.4. The molecule has 0 aliphatic heterocycles. The topological polar surface area (TPSA) is 29.0 Å². The van der Waals surface area contributed by atoms with Gasteiger partial charge in [-0.25, -0.2) is 9.97 Å². The number of nitrogens with zero attached hydrogens (tertiary/aromatic N) is 3. The summed E-state index contributed by atoms with van der Waals surface area (Å²) in [4.78, 5) is 9.27. The predicted octanol–water partition coefficient (Wildman–Crippen LogP) is 3.21. The van der Waals surface area contributed by atoms with Crippen LogP contribution in [0.25, 0.3) is 0 Å². The summed E-state index contributed by atoms with van der Waals surface area (Å²) in [6.45, 7) is 4.16. The zero-order chi connectivity index (χ0) is 13.9. The Bertz CT molecular complexity index is 387. The van der Waals surface area contributed by atoms with Gasteiger partial charge in [0.15, 0.2) is 0 Å². The van der Waals surface area contributed by atoms with Gasteiger partial charge in [0.1, 0.15) is 11.0 Å². The minimum Gasteiger partial charge on any atom is -0.285 e. The second kappa shape index (κ2) is 5.84. The Morgan fingerprint density at radius 2 is 1.94 bits per heavy atom. The molecule has 1 aromatic rings. The first-order chi connectivity index (χ1) is 8.17. The Hall–Kier alpha value is -0.880. The molecule has 0 aliphatic carbocycles. The fraction of sp³-hybridized carbons (Fsp3) is 0.636. The lowest BCUT2D eigenvalue weighted by Crippen LogP contribution is -2.39. The molecule has 0 saturated heterocycles. The molecule has 102 valence electrons. The van der Waals surface area contributed by atoms with E-state index in [2.05, 4.69) is 9.97 Å². The van der Waals surface area contributed by atoms with E-state index in [1.165, 1.54) is 4.90 Å². The van der Waals surface area contributed by atoms with Gasteiger partial charge in [-0.3, -0.25) is 4.90 Å². The van der Waals surface area contributed by atoms with Gasteiger partial charge in [-0.05, 0) is 26.8 Å². The molecule has 0 radical (unpaired) electrons. The van der Waals surface area contributed by atoms with Gasteiger partial charge < -0.3 is 0 Å². The Morgan fingerprint density at radius 1 is 1.33 bits per heavy atom. The molecule has 1 heterocycles. The standard InChI is InChI=1S/C11H15ClF3N3/c1-7(2)18(6-11(13,14)15)5-10-16-8(3)4-9(12)17-10/h4,7H,5-6H2,1-3H3. The molecule has 0 aromatic carbocycles. The third-order valence-corrected chi connectivity index (χ3v) is 2.52. The van der Waals surface area contributed by atoms with Crippen LogP contribution in [0, 0.1) is 6.92 Å². The Balaban J connectivity index is 2.83. The summed E-state index contributed by atoms with van der Waals surface area (Å²) in [7, 11) is 0. The van der Waals surface area contributed by atoms with Crippen LogP contribution in [0.3, 0.4) is 0 Å². The smallest absolute Gasteiger partial charge is 0.285 e. The Kier molecular flexibility index (Phi) is 4.92. The lowest BCUT2D eigenvalue weighted by Gasteiger charge is -2.26. The van der Waals surface area contributed by atoms with Crippen LogP contribution in [0.5, 0.6) is 0 Å². The van der Waals surface area contributed by atoms with Crippen LogP contribution >= 0.6 is 11.6 Å². The molecular weight excluding hydrogens is 267 g/mol. The third-order valence-electron chi connectivity index (χ3n) is 2.33. The van der Waals surface area contributed by atoms with Crippen molar-refractivity contribution in [3.8, 4) is 0 Å². The zero-order valence-corrected chi connectivity index (χ0v) is 11.2. The SMILES string of the molecule is Cc1cc(Cl)nc(CN(CC(F)(F)F)C(C)C)n1. The van der Waals surface area contributed by atoms with Gasteiger partial charge in [0.05, 0.1) is 13.1 Å². The number of alkyl halides is 3. The molecule has 1 aromatic heterocycles. The van der Waals surface area contributed by atoms with Crippen LogP contribution in [0.15, 0.2) is 6.07 Å². The van der Waals surface area contributed by atoms with Crippen molar-refractivity contribution in [2.75, 3.05) is 6.54 Å². The third kappa shape index (κ3) is 5.18. The maximum atomic E-state index is 12.4. The van der Waals surface area contributed by atoms with Crippen molar-refractivity contribution in [2.24, 2.45) is 0 Å². The molecule has 1 rings (SSSR count). The van der Waals surface area contributed by atoms with Gasteiger partial charge in [0.25, 0.3) is 0 Å². The summed E-state index contributed by atoms with van der Waals surface area (Å²) in [5.41, 5.74) is 0.640. The molecule has 0 aliphatic rings. The van der Waals surface area contributed by atoms with Crippen LogP contribution in [0.1, 0.15) is 25.4 Å². The van der Waals surface area contributed by atoms with E-state index < -0.39 is 12.7 Å². The molecule has 0 fully saturated rings. The summed E-state index contributed by atoms with van der Waals surface area (Å²) >= 11 is 5.75. The minimum absolute atomic E-state index is 0.0264. The molecule has 0 N–H and O–H groups in total. The molecule has 0 amide bonds. The van der Waals surface area contributed by atoms with Crippen LogP contribution < -0.4 is 0 Å². The van der Waals surface area contributed by atoms with E-state index in [1.54, 1.807) is 26.8 Å². The van der Waals surface area contributed by atoms with Gasteiger partial charge in [-0.15, -0.1) is 0 Å². The number of hydrogen-bond acceptors (Lipinski definition) is 3. The summed E-state index contributed by atoms with van der Waals surface area (Å²) in [6.07, 6.45) is -4.24. The van der Waals surface area contributed by atoms with Gasteiger partial charge in [0.2, 0.25) is 0 Å². The van der Waals surface area contributed by atoms with Crippen LogP contribution in [0.4, 0.5) is 13.2 Å². The fourth-order valence-electron chi connectivity index (χ4n) is 1.49. The summed E-state index contributed by atoms with van der Waals surface area (Å²) in [5, 5.41) is 0.244. The molecular formula is C11H15ClF3N3. The predicted molar refractivity (Wildman–Crippen MR) is 63.4 cm³/mol. The van der Waals surface area contributed by atoms with Gasteiger partial charge in [-0.2, -0.15) is 13.2 Å². The molecule has 3 nitrogen and oxygen atoms in total. The van der Waals surface area contributed by atoms with E-state index in [0.717, 1.165) is 0 Å². The maximum Gasteiger partial charge on any atom is 0.401 e. The largest absolute Gasteiger partial charge is 0.401 e. The summed E-state index contributed by atoms with van der Waals surface area (Å²) in [6, 6.07) is 1.31. The van der Waals surface area contributed by atoms with Crippen molar-refractivity contribution in [1.29, 1.82) is 0 Å². The second-order valence-corrected chi connectivity index (χ2v) is 4.75. The van der Waals surface area contributed by atoms with Crippen molar-refractivity contribution in [3.05, 3.63) is 22.7 Å². The molecule has 0 saturated carbocycles. The minimum atomic E-state index is -4.24. The highest BCUT2D eigenvalue weighted by atomic mass is 35.5. The highest BCUT2D eigenvalue weighted by molar-refractivity contribution is 6.29. The first-order valence-corrected chi connectivity index (χ1v) is 5.86. The first kappa shape index (κ1) is 15.2. The van der Waals surface area contributed by atoms with Crippen molar-refractivity contribution < 1.29 is 13.2 Å². The van der Waals surface area contributed by atoms with Crippen molar-refractivity contribution >= 4 is 11.6 Å². The number of rotatable bonds is 4. The van der Waals surface area contributed by atoms with E-state index >= 15 is 0 Å². The Morgan fingerprint density at radius 3 is 2.39 bits per heavy atom. The number of aryl methyl sites for hydroxylation is 1. The first-order valence-electron chi connectivity index (χ1n) is 5.48. The molecule has 0 atom stereocenters. The average Bonchev–Trinajstić information content (AvgIpc) is 2.12.